The molecule has 1 amide bonds. The molecule has 0 saturated carbocycles. The minimum atomic E-state index is -0.722. The van der Waals surface area contributed by atoms with E-state index in [1.54, 1.807) is 19.1 Å². The maximum atomic E-state index is 12.3. The third kappa shape index (κ3) is 4.24. The summed E-state index contributed by atoms with van der Waals surface area (Å²) in [6.45, 7) is 5.54. The van der Waals surface area contributed by atoms with Crippen molar-refractivity contribution in [2.75, 3.05) is 5.32 Å². The first-order chi connectivity index (χ1) is 10.9. The van der Waals surface area contributed by atoms with E-state index in [1.807, 2.05) is 38.1 Å². The van der Waals surface area contributed by atoms with Gasteiger partial charge in [0.25, 0.3) is 5.91 Å². The Kier molecular flexibility index (Phi) is 5.25. The summed E-state index contributed by atoms with van der Waals surface area (Å²) in [6.07, 6.45) is -0.722. The molecule has 0 bridgehead atoms. The number of hydrogen-bond donors (Lipinski definition) is 1. The van der Waals surface area contributed by atoms with Crippen LogP contribution in [0.2, 0.25) is 5.02 Å². The van der Waals surface area contributed by atoms with Crippen LogP contribution < -0.4 is 10.1 Å². The first kappa shape index (κ1) is 16.9. The standard InChI is InChI=1S/C18H17ClN2O2/c1-11-4-5-12(2)16(8-11)21-18(22)13(3)23-17-7-6-14(10-20)9-15(17)19/h4-9,13H,1-3H3,(H,21,22). The Morgan fingerprint density at radius 1 is 1.26 bits per heavy atom. The first-order valence-corrected chi connectivity index (χ1v) is 7.53. The van der Waals surface area contributed by atoms with Gasteiger partial charge in [0.2, 0.25) is 0 Å². The summed E-state index contributed by atoms with van der Waals surface area (Å²) in [6, 6.07) is 12.5. The molecule has 0 aliphatic carbocycles. The topological polar surface area (TPSA) is 62.1 Å². The van der Waals surface area contributed by atoms with Crippen molar-refractivity contribution >= 4 is 23.2 Å². The molecule has 2 aromatic rings. The van der Waals surface area contributed by atoms with Crippen molar-refractivity contribution < 1.29 is 9.53 Å². The average Bonchev–Trinajstić information content (AvgIpc) is 2.52. The van der Waals surface area contributed by atoms with E-state index in [2.05, 4.69) is 5.32 Å². The molecule has 4 nitrogen and oxygen atoms in total. The lowest BCUT2D eigenvalue weighted by Gasteiger charge is -2.17. The van der Waals surface area contributed by atoms with Crippen LogP contribution in [0.4, 0.5) is 5.69 Å². The number of carbonyl (C=O) groups is 1. The second-order valence-electron chi connectivity index (χ2n) is 5.32. The van der Waals surface area contributed by atoms with E-state index in [9.17, 15) is 4.79 Å². The number of amides is 1. The molecule has 0 spiro atoms. The number of anilines is 1. The molecule has 23 heavy (non-hydrogen) atoms. The molecule has 2 rings (SSSR count). The number of rotatable bonds is 4. The third-order valence-electron chi connectivity index (χ3n) is 3.38. The number of carbonyl (C=O) groups excluding carboxylic acids is 1. The molecule has 0 aromatic heterocycles. The Hall–Kier alpha value is -2.51. The van der Waals surface area contributed by atoms with E-state index in [1.165, 1.54) is 6.07 Å². The lowest BCUT2D eigenvalue weighted by Crippen LogP contribution is -2.30. The van der Waals surface area contributed by atoms with Gasteiger partial charge in [-0.05, 0) is 56.2 Å². The molecule has 0 radical (unpaired) electrons. The van der Waals surface area contributed by atoms with Crippen molar-refractivity contribution in [2.24, 2.45) is 0 Å². The maximum absolute atomic E-state index is 12.3. The summed E-state index contributed by atoms with van der Waals surface area (Å²) in [5.41, 5.74) is 3.24. The van der Waals surface area contributed by atoms with Gasteiger partial charge in [-0.15, -0.1) is 0 Å². The largest absolute Gasteiger partial charge is 0.479 e. The Morgan fingerprint density at radius 3 is 2.65 bits per heavy atom. The molecule has 5 heteroatoms. The normalized spacial score (nSPS) is 11.4. The zero-order chi connectivity index (χ0) is 17.0. The predicted molar refractivity (Wildman–Crippen MR) is 90.8 cm³/mol. The van der Waals surface area contributed by atoms with Gasteiger partial charge in [-0.3, -0.25) is 4.79 Å². The first-order valence-electron chi connectivity index (χ1n) is 7.15. The Morgan fingerprint density at radius 2 is 2.00 bits per heavy atom. The molecule has 0 aliphatic rings. The van der Waals surface area contributed by atoms with Crippen molar-refractivity contribution in [1.82, 2.24) is 0 Å². The highest BCUT2D eigenvalue weighted by atomic mass is 35.5. The van der Waals surface area contributed by atoms with E-state index < -0.39 is 6.10 Å². The number of ether oxygens (including phenoxy) is 1. The smallest absolute Gasteiger partial charge is 0.265 e. The van der Waals surface area contributed by atoms with Crippen molar-refractivity contribution in [1.29, 1.82) is 5.26 Å². The van der Waals surface area contributed by atoms with Gasteiger partial charge in [0.15, 0.2) is 6.10 Å². The van der Waals surface area contributed by atoms with Crippen LogP contribution in [0.5, 0.6) is 5.75 Å². The molecular formula is C18H17ClN2O2. The van der Waals surface area contributed by atoms with E-state index in [-0.39, 0.29) is 5.91 Å². The zero-order valence-electron chi connectivity index (χ0n) is 13.2. The van der Waals surface area contributed by atoms with Crippen LogP contribution in [0, 0.1) is 25.2 Å². The number of benzene rings is 2. The molecule has 0 saturated heterocycles. The number of nitriles is 1. The molecule has 0 aliphatic heterocycles. The zero-order valence-corrected chi connectivity index (χ0v) is 13.9. The van der Waals surface area contributed by atoms with Gasteiger partial charge >= 0.3 is 0 Å². The summed E-state index contributed by atoms with van der Waals surface area (Å²) >= 11 is 6.06. The fraction of sp³-hybridized carbons (Fsp3) is 0.222. The fourth-order valence-electron chi connectivity index (χ4n) is 2.01. The highest BCUT2D eigenvalue weighted by Gasteiger charge is 2.17. The minimum absolute atomic E-state index is 0.265. The molecular weight excluding hydrogens is 312 g/mol. The number of aryl methyl sites for hydroxylation is 2. The highest BCUT2D eigenvalue weighted by Crippen LogP contribution is 2.26. The van der Waals surface area contributed by atoms with E-state index in [4.69, 9.17) is 21.6 Å². The van der Waals surface area contributed by atoms with Crippen LogP contribution in [-0.2, 0) is 4.79 Å². The fourth-order valence-corrected chi connectivity index (χ4v) is 2.24. The van der Waals surface area contributed by atoms with E-state index in [0.29, 0.717) is 16.3 Å². The van der Waals surface area contributed by atoms with Gasteiger partial charge in [-0.1, -0.05) is 23.7 Å². The van der Waals surface area contributed by atoms with Gasteiger partial charge in [-0.25, -0.2) is 0 Å². The molecule has 1 atom stereocenters. The molecule has 1 unspecified atom stereocenters. The van der Waals surface area contributed by atoms with Crippen LogP contribution in [-0.4, -0.2) is 12.0 Å². The summed E-state index contributed by atoms with van der Waals surface area (Å²) < 4.78 is 5.60. The van der Waals surface area contributed by atoms with Crippen LogP contribution in [0.25, 0.3) is 0 Å². The minimum Gasteiger partial charge on any atom is -0.479 e. The maximum Gasteiger partial charge on any atom is 0.265 e. The molecule has 0 fully saturated rings. The van der Waals surface area contributed by atoms with E-state index in [0.717, 1.165) is 16.8 Å². The highest BCUT2D eigenvalue weighted by molar-refractivity contribution is 6.32. The molecule has 1 N–H and O–H groups in total. The van der Waals surface area contributed by atoms with Crippen molar-refractivity contribution in [2.45, 2.75) is 26.9 Å². The molecule has 2 aromatic carbocycles. The third-order valence-corrected chi connectivity index (χ3v) is 3.68. The molecule has 0 heterocycles. The Labute approximate surface area is 140 Å². The van der Waals surface area contributed by atoms with Crippen molar-refractivity contribution in [3.63, 3.8) is 0 Å². The predicted octanol–water partition coefficient (Wildman–Crippen LogP) is 4.23. The van der Waals surface area contributed by atoms with Crippen LogP contribution in [0.15, 0.2) is 36.4 Å². The van der Waals surface area contributed by atoms with Crippen molar-refractivity contribution in [3.05, 3.63) is 58.1 Å². The van der Waals surface area contributed by atoms with Gasteiger partial charge in [0.1, 0.15) is 5.75 Å². The van der Waals surface area contributed by atoms with Crippen molar-refractivity contribution in [3.8, 4) is 11.8 Å². The quantitative estimate of drug-likeness (QED) is 0.913. The monoisotopic (exact) mass is 328 g/mol. The van der Waals surface area contributed by atoms with Crippen LogP contribution in [0.3, 0.4) is 0 Å². The number of nitrogens with zero attached hydrogens (tertiary/aromatic N) is 1. The van der Waals surface area contributed by atoms with E-state index >= 15 is 0 Å². The SMILES string of the molecule is Cc1ccc(C)c(NC(=O)C(C)Oc2ccc(C#N)cc2Cl)c1. The number of halogens is 1. The van der Waals surface area contributed by atoms with Crippen LogP contribution in [0.1, 0.15) is 23.6 Å². The summed E-state index contributed by atoms with van der Waals surface area (Å²) in [5, 5.41) is 12.0. The summed E-state index contributed by atoms with van der Waals surface area (Å²) in [7, 11) is 0. The Bertz CT molecular complexity index is 781. The molecule has 118 valence electrons. The number of nitrogens with one attached hydrogen (secondary N) is 1. The van der Waals surface area contributed by atoms with Gasteiger partial charge in [0.05, 0.1) is 16.7 Å². The number of hydrogen-bond acceptors (Lipinski definition) is 3. The van der Waals surface area contributed by atoms with Crippen LogP contribution >= 0.6 is 11.6 Å². The van der Waals surface area contributed by atoms with Gasteiger partial charge < -0.3 is 10.1 Å². The lowest BCUT2D eigenvalue weighted by molar-refractivity contribution is -0.122. The van der Waals surface area contributed by atoms with Gasteiger partial charge in [0, 0.05) is 5.69 Å². The average molecular weight is 329 g/mol. The van der Waals surface area contributed by atoms with Gasteiger partial charge in [-0.2, -0.15) is 5.26 Å². The summed E-state index contributed by atoms with van der Waals surface area (Å²) in [4.78, 5) is 12.3. The summed E-state index contributed by atoms with van der Waals surface area (Å²) in [5.74, 6) is 0.105. The second kappa shape index (κ2) is 7.17. The Balaban J connectivity index is 2.08. The lowest BCUT2D eigenvalue weighted by atomic mass is 10.1. The second-order valence-corrected chi connectivity index (χ2v) is 5.73.